The maximum absolute atomic E-state index is 11.9. The predicted molar refractivity (Wildman–Crippen MR) is 28.2 cm³/mol. The fourth-order valence-corrected chi connectivity index (χ4v) is 0.502. The molecule has 0 fully saturated rings. The smallest absolute Gasteiger partial charge is 0.259 e. The van der Waals surface area contributed by atoms with Gasteiger partial charge in [-0.05, 0) is 0 Å². The molecule has 0 aliphatic carbocycles. The van der Waals surface area contributed by atoms with Crippen LogP contribution in [-0.2, 0) is 19.9 Å². The summed E-state index contributed by atoms with van der Waals surface area (Å²) in [5.41, 5.74) is 0. The van der Waals surface area contributed by atoms with E-state index >= 15 is 0 Å². The average molecular weight is 158 g/mol. The Hall–Kier alpha value is -0.200. The van der Waals surface area contributed by atoms with Gasteiger partial charge < -0.3 is 4.74 Å². The van der Waals surface area contributed by atoms with E-state index in [4.69, 9.17) is 0 Å². The standard InChI is InChI=1S/C3H7FO4S/c1-7-2-3(4)8-9(5)6/h3,9H,2H2,1H3. The van der Waals surface area contributed by atoms with Crippen LogP contribution in [0.25, 0.3) is 0 Å². The number of alkyl halides is 1. The highest BCUT2D eigenvalue weighted by Crippen LogP contribution is 1.92. The van der Waals surface area contributed by atoms with Gasteiger partial charge in [0.15, 0.2) is 0 Å². The number of ether oxygens (including phenoxy) is 1. The first kappa shape index (κ1) is 8.80. The summed E-state index contributed by atoms with van der Waals surface area (Å²) in [7, 11) is -1.86. The molecule has 56 valence electrons. The lowest BCUT2D eigenvalue weighted by molar-refractivity contribution is 0.00328. The zero-order valence-electron chi connectivity index (χ0n) is 4.74. The molecular weight excluding hydrogens is 151 g/mol. The lowest BCUT2D eigenvalue weighted by Crippen LogP contribution is -2.11. The van der Waals surface area contributed by atoms with Crippen molar-refractivity contribution in [3.8, 4) is 0 Å². The van der Waals surface area contributed by atoms with Gasteiger partial charge in [-0.15, -0.1) is 0 Å². The molecule has 0 spiro atoms. The van der Waals surface area contributed by atoms with E-state index in [0.29, 0.717) is 0 Å². The van der Waals surface area contributed by atoms with Crippen LogP contribution in [0.3, 0.4) is 0 Å². The van der Waals surface area contributed by atoms with E-state index in [9.17, 15) is 12.8 Å². The van der Waals surface area contributed by atoms with Crippen LogP contribution in [0.4, 0.5) is 4.39 Å². The third kappa shape index (κ3) is 5.67. The molecule has 0 saturated heterocycles. The van der Waals surface area contributed by atoms with E-state index in [1.54, 1.807) is 0 Å². The fourth-order valence-electron chi connectivity index (χ4n) is 0.255. The van der Waals surface area contributed by atoms with E-state index in [-0.39, 0.29) is 6.61 Å². The second-order valence-corrected chi connectivity index (χ2v) is 1.85. The van der Waals surface area contributed by atoms with Crippen molar-refractivity contribution in [1.29, 1.82) is 0 Å². The minimum absolute atomic E-state index is 0.372. The molecule has 0 aromatic carbocycles. The Bertz CT molecular complexity index is 126. The largest absolute Gasteiger partial charge is 0.379 e. The molecule has 0 aromatic heterocycles. The van der Waals surface area contributed by atoms with Crippen molar-refractivity contribution in [2.75, 3.05) is 13.7 Å². The highest BCUT2D eigenvalue weighted by Gasteiger charge is 2.05. The van der Waals surface area contributed by atoms with Crippen LogP contribution in [0.5, 0.6) is 0 Å². The van der Waals surface area contributed by atoms with Crippen LogP contribution in [0.1, 0.15) is 0 Å². The summed E-state index contributed by atoms with van der Waals surface area (Å²) < 4.78 is 39.0. The second-order valence-electron chi connectivity index (χ2n) is 1.19. The molecule has 0 rings (SSSR count). The lowest BCUT2D eigenvalue weighted by Gasteiger charge is -2.00. The number of methoxy groups -OCH3 is 1. The van der Waals surface area contributed by atoms with E-state index in [2.05, 4.69) is 8.92 Å². The van der Waals surface area contributed by atoms with Gasteiger partial charge >= 0.3 is 0 Å². The van der Waals surface area contributed by atoms with E-state index in [0.717, 1.165) is 0 Å². The topological polar surface area (TPSA) is 52.6 Å². The first-order valence-corrected chi connectivity index (χ1v) is 3.20. The van der Waals surface area contributed by atoms with E-state index in [1.165, 1.54) is 7.11 Å². The Morgan fingerprint density at radius 1 is 1.67 bits per heavy atom. The fraction of sp³-hybridized carbons (Fsp3) is 1.00. The Morgan fingerprint density at radius 3 is 2.56 bits per heavy atom. The Morgan fingerprint density at radius 2 is 2.22 bits per heavy atom. The highest BCUT2D eigenvalue weighted by molar-refractivity contribution is 7.67. The summed E-state index contributed by atoms with van der Waals surface area (Å²) in [4.78, 5) is 0. The zero-order valence-corrected chi connectivity index (χ0v) is 5.64. The summed E-state index contributed by atoms with van der Waals surface area (Å²) in [5, 5.41) is 0. The number of rotatable bonds is 4. The first-order chi connectivity index (χ1) is 4.16. The van der Waals surface area contributed by atoms with Crippen LogP contribution in [-0.4, -0.2) is 28.5 Å². The van der Waals surface area contributed by atoms with Gasteiger partial charge in [-0.25, -0.2) is 17.0 Å². The Balaban J connectivity index is 3.37. The van der Waals surface area contributed by atoms with Gasteiger partial charge in [0.25, 0.3) is 11.0 Å². The molecule has 0 saturated carbocycles. The predicted octanol–water partition coefficient (Wildman–Crippen LogP) is -0.529. The monoisotopic (exact) mass is 158 g/mol. The maximum atomic E-state index is 11.9. The Kier molecular flexibility index (Phi) is 4.55. The zero-order chi connectivity index (χ0) is 7.28. The van der Waals surface area contributed by atoms with Crippen molar-refractivity contribution in [3.05, 3.63) is 0 Å². The molecule has 0 radical (unpaired) electrons. The summed E-state index contributed by atoms with van der Waals surface area (Å²) >= 11 is 0. The second kappa shape index (κ2) is 4.66. The van der Waals surface area contributed by atoms with E-state index < -0.39 is 17.3 Å². The van der Waals surface area contributed by atoms with Crippen molar-refractivity contribution in [2.24, 2.45) is 0 Å². The van der Waals surface area contributed by atoms with Crippen LogP contribution < -0.4 is 0 Å². The van der Waals surface area contributed by atoms with Gasteiger partial charge in [0.1, 0.15) is 6.61 Å². The molecule has 0 N–H and O–H groups in total. The van der Waals surface area contributed by atoms with Gasteiger partial charge in [-0.2, -0.15) is 0 Å². The molecule has 0 aliphatic heterocycles. The lowest BCUT2D eigenvalue weighted by atomic mass is 10.7. The van der Waals surface area contributed by atoms with Crippen molar-refractivity contribution in [3.63, 3.8) is 0 Å². The first-order valence-electron chi connectivity index (χ1n) is 2.11. The van der Waals surface area contributed by atoms with Crippen LogP contribution in [0, 0.1) is 0 Å². The van der Waals surface area contributed by atoms with Crippen LogP contribution in [0.2, 0.25) is 0 Å². The minimum Gasteiger partial charge on any atom is -0.379 e. The number of thiol groups is 1. The van der Waals surface area contributed by atoms with Gasteiger partial charge in [0.2, 0.25) is 6.36 Å². The SMILES string of the molecule is COCC(F)O[SH](=O)=O. The molecule has 6 heteroatoms. The van der Waals surface area contributed by atoms with Gasteiger partial charge in [-0.1, -0.05) is 0 Å². The molecule has 0 heterocycles. The van der Waals surface area contributed by atoms with Crippen molar-refractivity contribution >= 4 is 11.0 Å². The highest BCUT2D eigenvalue weighted by atomic mass is 32.2. The van der Waals surface area contributed by atoms with Crippen molar-refractivity contribution in [2.45, 2.75) is 6.36 Å². The van der Waals surface area contributed by atoms with E-state index in [1.807, 2.05) is 0 Å². The van der Waals surface area contributed by atoms with Crippen LogP contribution in [0.15, 0.2) is 0 Å². The van der Waals surface area contributed by atoms with Crippen molar-refractivity contribution < 1.29 is 21.7 Å². The maximum Gasteiger partial charge on any atom is 0.259 e. The minimum atomic E-state index is -3.11. The molecule has 0 amide bonds. The molecule has 4 nitrogen and oxygen atoms in total. The average Bonchev–Trinajstić information content (AvgIpc) is 1.63. The molecule has 1 atom stereocenters. The number of hydrogen-bond acceptors (Lipinski definition) is 4. The van der Waals surface area contributed by atoms with Crippen LogP contribution >= 0.6 is 0 Å². The molecular formula is C3H7FO4S. The third-order valence-electron chi connectivity index (χ3n) is 0.498. The molecule has 1 unspecified atom stereocenters. The van der Waals surface area contributed by atoms with Gasteiger partial charge in [-0.3, -0.25) is 0 Å². The number of hydrogen-bond donors (Lipinski definition) is 1. The number of halogens is 1. The molecule has 9 heavy (non-hydrogen) atoms. The molecule has 0 bridgehead atoms. The third-order valence-corrected chi connectivity index (χ3v) is 0.899. The summed E-state index contributed by atoms with van der Waals surface area (Å²) in [6.07, 6.45) is -1.88. The van der Waals surface area contributed by atoms with Gasteiger partial charge in [0.05, 0.1) is 0 Å². The Labute approximate surface area is 53.7 Å². The van der Waals surface area contributed by atoms with Crippen molar-refractivity contribution in [1.82, 2.24) is 0 Å². The summed E-state index contributed by atoms with van der Waals surface area (Å²) in [6.45, 7) is -0.372. The quantitative estimate of drug-likeness (QED) is 0.559. The molecule has 0 aliphatic rings. The summed E-state index contributed by atoms with van der Waals surface area (Å²) in [5.74, 6) is 0. The van der Waals surface area contributed by atoms with Gasteiger partial charge in [0, 0.05) is 7.11 Å². The molecule has 0 aromatic rings. The summed E-state index contributed by atoms with van der Waals surface area (Å²) in [6, 6.07) is 0. The normalized spacial score (nSPS) is 14.1.